The summed E-state index contributed by atoms with van der Waals surface area (Å²) < 4.78 is 5.12. The number of pyridine rings is 1. The first-order valence-electron chi connectivity index (χ1n) is 9.57. The highest BCUT2D eigenvalue weighted by molar-refractivity contribution is 7.17. The van der Waals surface area contributed by atoms with Crippen LogP contribution in [0.15, 0.2) is 42.7 Å². The lowest BCUT2D eigenvalue weighted by Gasteiger charge is -2.11. The van der Waals surface area contributed by atoms with E-state index < -0.39 is 0 Å². The molecule has 0 saturated heterocycles. The van der Waals surface area contributed by atoms with Crippen LogP contribution in [-0.4, -0.2) is 29.0 Å². The number of aryl methyl sites for hydroxylation is 1. The van der Waals surface area contributed by atoms with Crippen molar-refractivity contribution in [3.05, 3.63) is 69.9 Å². The highest BCUT2D eigenvalue weighted by Crippen LogP contribution is 2.39. The van der Waals surface area contributed by atoms with Gasteiger partial charge < -0.3 is 20.5 Å². The van der Waals surface area contributed by atoms with Gasteiger partial charge in [0, 0.05) is 23.8 Å². The summed E-state index contributed by atoms with van der Waals surface area (Å²) in [5.74, 6) is -0.130. The van der Waals surface area contributed by atoms with Crippen molar-refractivity contribution < 1.29 is 19.4 Å². The maximum absolute atomic E-state index is 13.1. The van der Waals surface area contributed by atoms with Gasteiger partial charge in [-0.3, -0.25) is 14.6 Å². The maximum Gasteiger partial charge on any atom is 0.257 e. The van der Waals surface area contributed by atoms with Gasteiger partial charge in [0.2, 0.25) is 0 Å². The second-order valence-corrected chi connectivity index (χ2v) is 8.05. The van der Waals surface area contributed by atoms with E-state index in [1.54, 1.807) is 30.5 Å². The number of carbonyl (C=O) groups is 2. The number of hydrogen-bond acceptors (Lipinski definition) is 6. The molecule has 0 atom stereocenters. The first-order chi connectivity index (χ1) is 14.6. The smallest absolute Gasteiger partial charge is 0.257 e. The summed E-state index contributed by atoms with van der Waals surface area (Å²) in [5, 5.41) is 16.1. The van der Waals surface area contributed by atoms with Gasteiger partial charge in [-0.15, -0.1) is 11.3 Å². The number of aromatic nitrogens is 1. The quantitative estimate of drug-likeness (QED) is 0.563. The fraction of sp³-hybridized carbons (Fsp3) is 0.227. The lowest BCUT2D eigenvalue weighted by molar-refractivity contribution is 0.0951. The Hall–Kier alpha value is -3.39. The predicted molar refractivity (Wildman–Crippen MR) is 114 cm³/mol. The molecule has 0 aliphatic heterocycles. The number of aromatic hydroxyl groups is 1. The van der Waals surface area contributed by atoms with E-state index in [0.29, 0.717) is 21.9 Å². The highest BCUT2D eigenvalue weighted by Gasteiger charge is 2.27. The molecule has 8 heteroatoms. The van der Waals surface area contributed by atoms with E-state index in [4.69, 9.17) is 4.74 Å². The van der Waals surface area contributed by atoms with Crippen molar-refractivity contribution in [3.63, 3.8) is 0 Å². The van der Waals surface area contributed by atoms with E-state index in [9.17, 15) is 14.7 Å². The fourth-order valence-electron chi connectivity index (χ4n) is 3.51. The number of rotatable bonds is 6. The van der Waals surface area contributed by atoms with Gasteiger partial charge >= 0.3 is 0 Å². The number of phenols is 1. The van der Waals surface area contributed by atoms with Crippen molar-refractivity contribution >= 4 is 28.2 Å². The standard InChI is InChI=1S/C22H21N3O4S/c1-29-17-10-13(7-8-16(17)26)11-24-21(28)19-15-5-2-6-18(15)30-22(19)25-20(27)14-4-3-9-23-12-14/h3-4,7-10,12,26H,2,5-6,11H2,1H3,(H,24,28)(H,25,27). The molecule has 0 spiro atoms. The number of nitrogens with zero attached hydrogens (tertiary/aromatic N) is 1. The van der Waals surface area contributed by atoms with Crippen LogP contribution in [0.2, 0.25) is 0 Å². The predicted octanol–water partition coefficient (Wildman–Crippen LogP) is 3.53. The average molecular weight is 423 g/mol. The maximum atomic E-state index is 13.1. The minimum Gasteiger partial charge on any atom is -0.504 e. The summed E-state index contributed by atoms with van der Waals surface area (Å²) in [6, 6.07) is 8.31. The molecule has 1 aliphatic carbocycles. The van der Waals surface area contributed by atoms with Gasteiger partial charge in [-0.25, -0.2) is 0 Å². The SMILES string of the molecule is COc1cc(CNC(=O)c2c(NC(=O)c3cccnc3)sc3c2CCC3)ccc1O. The van der Waals surface area contributed by atoms with Gasteiger partial charge in [-0.2, -0.15) is 0 Å². The van der Waals surface area contributed by atoms with Crippen LogP contribution >= 0.6 is 11.3 Å². The van der Waals surface area contributed by atoms with Crippen molar-refractivity contribution in [2.45, 2.75) is 25.8 Å². The third kappa shape index (κ3) is 3.99. The van der Waals surface area contributed by atoms with E-state index >= 15 is 0 Å². The van der Waals surface area contributed by atoms with E-state index in [1.165, 1.54) is 30.7 Å². The Morgan fingerprint density at radius 2 is 2.10 bits per heavy atom. The molecule has 1 aliphatic rings. The number of thiophene rings is 1. The molecule has 2 heterocycles. The Kier molecular flexibility index (Phi) is 5.67. The number of hydrogen-bond donors (Lipinski definition) is 3. The molecular weight excluding hydrogens is 402 g/mol. The Labute approximate surface area is 177 Å². The Balaban J connectivity index is 1.54. The van der Waals surface area contributed by atoms with Gasteiger partial charge in [0.05, 0.1) is 18.2 Å². The van der Waals surface area contributed by atoms with Crippen molar-refractivity contribution in [1.82, 2.24) is 10.3 Å². The number of benzene rings is 1. The fourth-order valence-corrected chi connectivity index (χ4v) is 4.79. The van der Waals surface area contributed by atoms with Gasteiger partial charge in [0.25, 0.3) is 11.8 Å². The minimum atomic E-state index is -0.291. The summed E-state index contributed by atoms with van der Waals surface area (Å²) in [6.07, 6.45) is 5.85. The molecule has 7 nitrogen and oxygen atoms in total. The number of fused-ring (bicyclic) bond motifs is 1. The Bertz CT molecular complexity index is 1100. The van der Waals surface area contributed by atoms with E-state index in [0.717, 1.165) is 35.3 Å². The van der Waals surface area contributed by atoms with Gasteiger partial charge in [-0.05, 0) is 54.7 Å². The number of anilines is 1. The molecule has 2 amide bonds. The van der Waals surface area contributed by atoms with E-state index in [1.807, 2.05) is 0 Å². The van der Waals surface area contributed by atoms with Gasteiger partial charge in [-0.1, -0.05) is 6.07 Å². The summed E-state index contributed by atoms with van der Waals surface area (Å²) in [6.45, 7) is 0.274. The number of ether oxygens (including phenoxy) is 1. The third-order valence-corrected chi connectivity index (χ3v) is 6.20. The second-order valence-electron chi connectivity index (χ2n) is 6.95. The van der Waals surface area contributed by atoms with Crippen LogP contribution in [0.4, 0.5) is 5.00 Å². The van der Waals surface area contributed by atoms with Crippen LogP contribution in [0.1, 0.15) is 43.1 Å². The molecule has 0 saturated carbocycles. The summed E-state index contributed by atoms with van der Waals surface area (Å²) in [5.41, 5.74) is 2.79. The molecule has 1 aromatic carbocycles. The summed E-state index contributed by atoms with van der Waals surface area (Å²) >= 11 is 1.46. The zero-order valence-corrected chi connectivity index (χ0v) is 17.2. The van der Waals surface area contributed by atoms with Crippen molar-refractivity contribution in [3.8, 4) is 11.5 Å². The number of carbonyl (C=O) groups excluding carboxylic acids is 2. The molecular formula is C22H21N3O4S. The molecule has 0 fully saturated rings. The first-order valence-corrected chi connectivity index (χ1v) is 10.4. The number of methoxy groups -OCH3 is 1. The van der Waals surface area contributed by atoms with E-state index in [2.05, 4.69) is 15.6 Å². The second kappa shape index (κ2) is 8.54. The van der Waals surface area contributed by atoms with Crippen molar-refractivity contribution in [2.75, 3.05) is 12.4 Å². The molecule has 30 heavy (non-hydrogen) atoms. The number of nitrogens with one attached hydrogen (secondary N) is 2. The molecule has 3 N–H and O–H groups in total. The van der Waals surface area contributed by atoms with Gasteiger partial charge in [0.1, 0.15) is 5.00 Å². The first kappa shape index (κ1) is 19.9. The zero-order chi connectivity index (χ0) is 21.1. The third-order valence-electron chi connectivity index (χ3n) is 5.00. The minimum absolute atomic E-state index is 0.0450. The van der Waals surface area contributed by atoms with Crippen LogP contribution in [0.25, 0.3) is 0 Å². The van der Waals surface area contributed by atoms with Crippen LogP contribution in [-0.2, 0) is 19.4 Å². The largest absolute Gasteiger partial charge is 0.504 e. The van der Waals surface area contributed by atoms with Crippen molar-refractivity contribution in [2.24, 2.45) is 0 Å². The summed E-state index contributed by atoms with van der Waals surface area (Å²) in [7, 11) is 1.48. The molecule has 4 rings (SSSR count). The van der Waals surface area contributed by atoms with Crippen LogP contribution in [0.5, 0.6) is 11.5 Å². The normalized spacial score (nSPS) is 12.3. The van der Waals surface area contributed by atoms with Crippen molar-refractivity contribution in [1.29, 1.82) is 0 Å². The van der Waals surface area contributed by atoms with E-state index in [-0.39, 0.29) is 24.1 Å². The highest BCUT2D eigenvalue weighted by atomic mass is 32.1. The molecule has 0 unspecified atom stereocenters. The Morgan fingerprint density at radius 3 is 2.87 bits per heavy atom. The zero-order valence-electron chi connectivity index (χ0n) is 16.4. The monoisotopic (exact) mass is 423 g/mol. The van der Waals surface area contributed by atoms with Crippen LogP contribution < -0.4 is 15.4 Å². The Morgan fingerprint density at radius 1 is 1.23 bits per heavy atom. The van der Waals surface area contributed by atoms with Crippen LogP contribution in [0.3, 0.4) is 0 Å². The van der Waals surface area contributed by atoms with Gasteiger partial charge in [0.15, 0.2) is 11.5 Å². The number of amides is 2. The summed E-state index contributed by atoms with van der Waals surface area (Å²) in [4.78, 5) is 30.8. The molecule has 3 aromatic rings. The molecule has 0 bridgehead atoms. The molecule has 2 aromatic heterocycles. The lowest BCUT2D eigenvalue weighted by Crippen LogP contribution is -2.25. The topological polar surface area (TPSA) is 101 Å². The van der Waals surface area contributed by atoms with Crippen LogP contribution in [0, 0.1) is 0 Å². The molecule has 0 radical (unpaired) electrons. The lowest BCUT2D eigenvalue weighted by atomic mass is 10.1. The number of phenolic OH excluding ortho intramolecular Hbond substituents is 1. The average Bonchev–Trinajstić information content (AvgIpc) is 3.34. The molecule has 154 valence electrons.